The van der Waals surface area contributed by atoms with Gasteiger partial charge in [0.15, 0.2) is 0 Å². The van der Waals surface area contributed by atoms with Crippen LogP contribution in [0.4, 0.5) is 17.2 Å². The summed E-state index contributed by atoms with van der Waals surface area (Å²) in [5, 5.41) is 6.62. The molecule has 4 nitrogen and oxygen atoms in total. The minimum Gasteiger partial charge on any atom is -0.340 e. The Hall–Kier alpha value is -2.07. The molecule has 0 saturated carbocycles. The summed E-state index contributed by atoms with van der Waals surface area (Å²) in [7, 11) is 0. The number of nitrogens with one attached hydrogen (secondary N) is 2. The van der Waals surface area contributed by atoms with E-state index in [1.165, 1.54) is 0 Å². The first kappa shape index (κ1) is 14.3. The summed E-state index contributed by atoms with van der Waals surface area (Å²) < 4.78 is 0. The molecule has 0 bridgehead atoms. The first-order valence-corrected chi connectivity index (χ1v) is 6.75. The lowest BCUT2D eigenvalue weighted by Crippen LogP contribution is -2.09. The number of hydrogen-bond donors (Lipinski definition) is 2. The second-order valence-corrected chi connectivity index (χ2v) is 4.83. The first-order chi connectivity index (χ1) is 9.58. The van der Waals surface area contributed by atoms with E-state index in [2.05, 4.69) is 15.6 Å². The highest BCUT2D eigenvalue weighted by Gasteiger charge is 2.02. The lowest BCUT2D eigenvalue weighted by atomic mass is 10.2. The van der Waals surface area contributed by atoms with E-state index in [0.29, 0.717) is 22.9 Å². The van der Waals surface area contributed by atoms with Gasteiger partial charge in [-0.15, -0.1) is 0 Å². The Morgan fingerprint density at radius 1 is 1.25 bits per heavy atom. The average Bonchev–Trinajstić information content (AvgIpc) is 2.45. The summed E-state index contributed by atoms with van der Waals surface area (Å²) in [5.41, 5.74) is 2.59. The number of aromatic nitrogens is 1. The van der Waals surface area contributed by atoms with E-state index in [-0.39, 0.29) is 5.91 Å². The highest BCUT2D eigenvalue weighted by atomic mass is 35.5. The van der Waals surface area contributed by atoms with Crippen LogP contribution in [0.5, 0.6) is 0 Å². The van der Waals surface area contributed by atoms with Gasteiger partial charge in [0.25, 0.3) is 0 Å². The van der Waals surface area contributed by atoms with Gasteiger partial charge in [-0.3, -0.25) is 4.79 Å². The van der Waals surface area contributed by atoms with Crippen molar-refractivity contribution in [2.75, 3.05) is 10.6 Å². The van der Waals surface area contributed by atoms with E-state index in [1.807, 2.05) is 25.1 Å². The van der Waals surface area contributed by atoms with Gasteiger partial charge in [-0.05, 0) is 36.8 Å². The number of rotatable bonds is 4. The third kappa shape index (κ3) is 3.71. The van der Waals surface area contributed by atoms with Gasteiger partial charge in [0.1, 0.15) is 5.82 Å². The zero-order valence-corrected chi connectivity index (χ0v) is 12.2. The number of hydrogen-bond acceptors (Lipinski definition) is 3. The smallest absolute Gasteiger partial charge is 0.224 e. The maximum atomic E-state index is 11.3. The number of benzene rings is 1. The maximum Gasteiger partial charge on any atom is 0.224 e. The zero-order chi connectivity index (χ0) is 14.5. The standard InChI is InChI=1S/C15H16ClN3O/c1-3-15(20)19-12-6-7-14(17-9-12)18-11-5-4-10(2)13(16)8-11/h4-9H,3H2,1-2H3,(H,17,18)(H,19,20). The minimum atomic E-state index is -0.0298. The number of anilines is 3. The Balaban J connectivity index is 2.06. The van der Waals surface area contributed by atoms with Crippen molar-refractivity contribution in [1.29, 1.82) is 0 Å². The van der Waals surface area contributed by atoms with Crippen molar-refractivity contribution in [3.8, 4) is 0 Å². The van der Waals surface area contributed by atoms with Gasteiger partial charge in [0, 0.05) is 17.1 Å². The van der Waals surface area contributed by atoms with Crippen LogP contribution < -0.4 is 10.6 Å². The predicted molar refractivity (Wildman–Crippen MR) is 82.6 cm³/mol. The second kappa shape index (κ2) is 6.39. The van der Waals surface area contributed by atoms with E-state index < -0.39 is 0 Å². The third-order valence-corrected chi connectivity index (χ3v) is 3.22. The molecular weight excluding hydrogens is 274 g/mol. The monoisotopic (exact) mass is 289 g/mol. The van der Waals surface area contributed by atoms with Crippen LogP contribution in [-0.4, -0.2) is 10.9 Å². The fourth-order valence-corrected chi connectivity index (χ4v) is 1.79. The topological polar surface area (TPSA) is 54.0 Å². The molecule has 0 aliphatic carbocycles. The Labute approximate surface area is 123 Å². The van der Waals surface area contributed by atoms with Crippen LogP contribution >= 0.6 is 11.6 Å². The van der Waals surface area contributed by atoms with Gasteiger partial charge in [-0.1, -0.05) is 24.6 Å². The third-order valence-electron chi connectivity index (χ3n) is 2.81. The van der Waals surface area contributed by atoms with Gasteiger partial charge in [-0.2, -0.15) is 0 Å². The minimum absolute atomic E-state index is 0.0298. The van der Waals surface area contributed by atoms with Crippen LogP contribution in [0.15, 0.2) is 36.5 Å². The molecule has 0 saturated heterocycles. The van der Waals surface area contributed by atoms with Crippen molar-refractivity contribution in [2.45, 2.75) is 20.3 Å². The summed E-state index contributed by atoms with van der Waals surface area (Å²) in [4.78, 5) is 15.5. The van der Waals surface area contributed by atoms with Gasteiger partial charge >= 0.3 is 0 Å². The molecule has 1 amide bonds. The number of aryl methyl sites for hydroxylation is 1. The van der Waals surface area contributed by atoms with E-state index in [4.69, 9.17) is 11.6 Å². The Bertz CT molecular complexity index is 611. The van der Waals surface area contributed by atoms with Crippen molar-refractivity contribution in [1.82, 2.24) is 4.98 Å². The lowest BCUT2D eigenvalue weighted by Gasteiger charge is -2.08. The second-order valence-electron chi connectivity index (χ2n) is 4.42. The SMILES string of the molecule is CCC(=O)Nc1ccc(Nc2ccc(C)c(Cl)c2)nc1. The summed E-state index contributed by atoms with van der Waals surface area (Å²) in [5.74, 6) is 0.664. The highest BCUT2D eigenvalue weighted by molar-refractivity contribution is 6.31. The summed E-state index contributed by atoms with van der Waals surface area (Å²) in [6.45, 7) is 3.76. The van der Waals surface area contributed by atoms with Crippen LogP contribution in [0.2, 0.25) is 5.02 Å². The van der Waals surface area contributed by atoms with Crippen molar-refractivity contribution >= 4 is 34.7 Å². The molecule has 0 aliphatic heterocycles. The van der Waals surface area contributed by atoms with E-state index in [1.54, 1.807) is 25.3 Å². The number of nitrogens with zero attached hydrogens (tertiary/aromatic N) is 1. The average molecular weight is 290 g/mol. The number of carbonyl (C=O) groups excluding carboxylic acids is 1. The summed E-state index contributed by atoms with van der Waals surface area (Å²) >= 11 is 6.07. The van der Waals surface area contributed by atoms with Gasteiger partial charge in [0.2, 0.25) is 5.91 Å². The molecular formula is C15H16ClN3O. The van der Waals surface area contributed by atoms with Gasteiger partial charge < -0.3 is 10.6 Å². The molecule has 0 unspecified atom stereocenters. The van der Waals surface area contributed by atoms with Crippen LogP contribution in [-0.2, 0) is 4.79 Å². The fraction of sp³-hybridized carbons (Fsp3) is 0.200. The largest absolute Gasteiger partial charge is 0.340 e. The summed E-state index contributed by atoms with van der Waals surface area (Å²) in [6, 6.07) is 9.35. The van der Waals surface area contributed by atoms with E-state index in [9.17, 15) is 4.79 Å². The Morgan fingerprint density at radius 3 is 2.60 bits per heavy atom. The molecule has 5 heteroatoms. The van der Waals surface area contributed by atoms with Gasteiger partial charge in [0.05, 0.1) is 11.9 Å². The molecule has 104 valence electrons. The van der Waals surface area contributed by atoms with Crippen LogP contribution in [0.3, 0.4) is 0 Å². The molecule has 2 rings (SSSR count). The molecule has 0 aliphatic rings. The number of pyridine rings is 1. The van der Waals surface area contributed by atoms with Crippen LogP contribution in [0.1, 0.15) is 18.9 Å². The summed E-state index contributed by atoms with van der Waals surface area (Å²) in [6.07, 6.45) is 2.06. The van der Waals surface area contributed by atoms with Crippen molar-refractivity contribution in [3.63, 3.8) is 0 Å². The van der Waals surface area contributed by atoms with Crippen molar-refractivity contribution < 1.29 is 4.79 Å². The lowest BCUT2D eigenvalue weighted by molar-refractivity contribution is -0.115. The molecule has 1 aromatic carbocycles. The molecule has 1 heterocycles. The quantitative estimate of drug-likeness (QED) is 0.889. The maximum absolute atomic E-state index is 11.3. The van der Waals surface area contributed by atoms with E-state index in [0.717, 1.165) is 11.3 Å². The van der Waals surface area contributed by atoms with Crippen molar-refractivity contribution in [3.05, 3.63) is 47.1 Å². The molecule has 1 aromatic heterocycles. The molecule has 20 heavy (non-hydrogen) atoms. The number of halogens is 1. The molecule has 0 atom stereocenters. The molecule has 0 fully saturated rings. The normalized spacial score (nSPS) is 10.2. The van der Waals surface area contributed by atoms with E-state index >= 15 is 0 Å². The molecule has 0 spiro atoms. The van der Waals surface area contributed by atoms with Crippen LogP contribution in [0.25, 0.3) is 0 Å². The first-order valence-electron chi connectivity index (χ1n) is 6.37. The fourth-order valence-electron chi connectivity index (χ4n) is 1.61. The number of carbonyl (C=O) groups is 1. The molecule has 0 radical (unpaired) electrons. The highest BCUT2D eigenvalue weighted by Crippen LogP contribution is 2.22. The van der Waals surface area contributed by atoms with Gasteiger partial charge in [-0.25, -0.2) is 4.98 Å². The van der Waals surface area contributed by atoms with Crippen LogP contribution in [0, 0.1) is 6.92 Å². The number of amides is 1. The zero-order valence-electron chi connectivity index (χ0n) is 11.4. The Morgan fingerprint density at radius 2 is 2.00 bits per heavy atom. The molecule has 2 N–H and O–H groups in total. The Kier molecular flexibility index (Phi) is 4.58. The predicted octanol–water partition coefficient (Wildman–Crippen LogP) is 4.14. The van der Waals surface area contributed by atoms with Crippen molar-refractivity contribution in [2.24, 2.45) is 0 Å². The molecule has 2 aromatic rings.